The van der Waals surface area contributed by atoms with E-state index in [0.29, 0.717) is 0 Å². The van der Waals surface area contributed by atoms with Crippen LogP contribution in [0.3, 0.4) is 0 Å². The fourth-order valence-corrected chi connectivity index (χ4v) is 0. The van der Waals surface area contributed by atoms with Gasteiger partial charge in [0.2, 0.25) is 0 Å². The third kappa shape index (κ3) is 526. The fourth-order valence-electron chi connectivity index (χ4n) is 0. The maximum Gasteiger partial charge on any atom is 2.00 e. The Hall–Kier alpha value is 2.16. The van der Waals surface area contributed by atoms with Gasteiger partial charge >= 0.3 is 85.5 Å². The van der Waals surface area contributed by atoms with E-state index < -0.39 is 18.2 Å². The van der Waals surface area contributed by atoms with Crippen molar-refractivity contribution in [2.45, 2.75) is 0 Å². The molecule has 0 aliphatic rings. The quantitative estimate of drug-likeness (QED) is 0.164. The van der Waals surface area contributed by atoms with Gasteiger partial charge < -0.3 is 29.9 Å². The van der Waals surface area contributed by atoms with Crippen LogP contribution in [-0.4, -0.2) is 80.9 Å². The van der Waals surface area contributed by atoms with Crippen molar-refractivity contribution in [1.82, 2.24) is 0 Å². The van der Waals surface area contributed by atoms with Crippen LogP contribution in [0.15, 0.2) is 0 Å². The van der Waals surface area contributed by atoms with Crippen molar-refractivity contribution in [2.24, 2.45) is 0 Å². The van der Waals surface area contributed by atoms with Crippen LogP contribution in [0.5, 0.6) is 0 Å². The number of rotatable bonds is 0. The van der Waals surface area contributed by atoms with E-state index in [1.54, 1.807) is 0 Å². The minimum Gasteiger partial charge on any atom is -1.00 e. The summed E-state index contributed by atoms with van der Waals surface area (Å²) in [5, 5.41) is 0. The van der Waals surface area contributed by atoms with E-state index in [9.17, 15) is 0 Å². The second-order valence-corrected chi connectivity index (χ2v) is 2.88. The molecule has 0 atom stereocenters. The van der Waals surface area contributed by atoms with Crippen LogP contribution in [-0.2, 0) is 15.0 Å². The SMILES string of the molecule is O.O.O=P(O)(O)O.O=S(=O)(O)O.[Ca+2].[H-].[H-].[H-].[Na+]. The topological polar surface area (TPSA) is 215 Å². The van der Waals surface area contributed by atoms with Crippen molar-refractivity contribution in [3.63, 3.8) is 0 Å². The number of hydrogen-bond donors (Lipinski definition) is 5. The zero-order valence-electron chi connectivity index (χ0n) is 10.0. The molecule has 0 aliphatic heterocycles. The van der Waals surface area contributed by atoms with Gasteiger partial charge in [0.15, 0.2) is 0 Å². The standard InChI is InChI=1S/Ca.Na.H3O4P.H2O4S.2H2O.3H/c;;2*1-5(2,3)4;;;;;/h;;(H3,1,2,3,4);(H2,1,2,3,4);2*1H2;;;/q+2;+1;;;;;3*-1. The molecule has 0 aromatic rings. The van der Waals surface area contributed by atoms with Crippen LogP contribution in [0.1, 0.15) is 4.28 Å². The first kappa shape index (κ1) is 36.0. The molecular weight excluding hydrogens is 286 g/mol. The molecule has 9 N–H and O–H groups in total. The maximum absolute atomic E-state index is 8.88. The second-order valence-electron chi connectivity index (χ2n) is 0.961. The molecule has 0 fully saturated rings. The Morgan fingerprint density at radius 1 is 1.00 bits per heavy atom. The molecular formula is H12CaNaO10PS. The summed E-state index contributed by atoms with van der Waals surface area (Å²) in [5.74, 6) is 0. The largest absolute Gasteiger partial charge is 2.00 e. The third-order valence-corrected chi connectivity index (χ3v) is 0. The van der Waals surface area contributed by atoms with Gasteiger partial charge in [0.25, 0.3) is 0 Å². The molecule has 0 amide bonds. The van der Waals surface area contributed by atoms with E-state index >= 15 is 0 Å². The molecule has 0 heterocycles. The van der Waals surface area contributed by atoms with E-state index in [0.717, 1.165) is 0 Å². The Bertz CT molecular complexity index is 209. The van der Waals surface area contributed by atoms with Crippen LogP contribution in [0, 0.1) is 0 Å². The van der Waals surface area contributed by atoms with E-state index in [1.807, 2.05) is 0 Å². The Kier molecular flexibility index (Phi) is 39.0. The predicted octanol–water partition coefficient (Wildman–Crippen LogP) is -6.27. The molecule has 0 rings (SSSR count). The van der Waals surface area contributed by atoms with Crippen molar-refractivity contribution < 1.29 is 81.6 Å². The van der Waals surface area contributed by atoms with Gasteiger partial charge in [0.1, 0.15) is 0 Å². The zero-order chi connectivity index (χ0) is 9.00. The van der Waals surface area contributed by atoms with E-state index in [4.69, 9.17) is 36.8 Å². The predicted molar refractivity (Wildman–Crippen MR) is 44.8 cm³/mol. The average molecular weight is 298 g/mol. The summed E-state index contributed by atoms with van der Waals surface area (Å²) in [6.07, 6.45) is 0. The molecule has 0 aliphatic carbocycles. The molecule has 14 heteroatoms. The molecule has 0 saturated heterocycles. The first-order valence-electron chi connectivity index (χ1n) is 1.48. The van der Waals surface area contributed by atoms with Gasteiger partial charge in [-0.2, -0.15) is 8.42 Å². The minimum atomic E-state index is -4.67. The summed E-state index contributed by atoms with van der Waals surface area (Å²) < 4.78 is 40.5. The van der Waals surface area contributed by atoms with Crippen molar-refractivity contribution in [1.29, 1.82) is 0 Å². The van der Waals surface area contributed by atoms with Gasteiger partial charge in [-0.05, 0) is 0 Å². The van der Waals surface area contributed by atoms with Gasteiger partial charge in [0, 0.05) is 0 Å². The molecule has 0 aromatic heterocycles. The Morgan fingerprint density at radius 2 is 1.00 bits per heavy atom. The summed E-state index contributed by atoms with van der Waals surface area (Å²) in [4.78, 5) is 21.6. The molecule has 0 spiro atoms. The Balaban J connectivity index is -0.00000000762. The van der Waals surface area contributed by atoms with Crippen molar-refractivity contribution in [2.75, 3.05) is 0 Å². The smallest absolute Gasteiger partial charge is 1.00 e. The fraction of sp³-hybridized carbons (Fsp3) is 0. The molecule has 0 bridgehead atoms. The normalized spacial score (nSPS) is 8.36. The van der Waals surface area contributed by atoms with E-state index in [2.05, 4.69) is 0 Å². The number of hydrogen-bond acceptors (Lipinski definition) is 3. The molecule has 14 heavy (non-hydrogen) atoms. The van der Waals surface area contributed by atoms with Crippen LogP contribution in [0.2, 0.25) is 0 Å². The molecule has 86 valence electrons. The first-order valence-corrected chi connectivity index (χ1v) is 4.44. The second kappa shape index (κ2) is 15.2. The molecule has 0 aromatic carbocycles. The molecule has 0 saturated carbocycles. The van der Waals surface area contributed by atoms with Crippen molar-refractivity contribution in [3.8, 4) is 0 Å². The maximum atomic E-state index is 8.88. The van der Waals surface area contributed by atoms with Crippen molar-refractivity contribution >= 4 is 56.0 Å². The zero-order valence-corrected chi connectivity index (χ0v) is 12.9. The molecule has 0 unspecified atom stereocenters. The van der Waals surface area contributed by atoms with Gasteiger partial charge in [-0.1, -0.05) is 0 Å². The molecule has 0 radical (unpaired) electrons. The van der Waals surface area contributed by atoms with Gasteiger partial charge in [-0.3, -0.25) is 9.11 Å². The Labute approximate surface area is 136 Å². The summed E-state index contributed by atoms with van der Waals surface area (Å²) in [6, 6.07) is 0. The summed E-state index contributed by atoms with van der Waals surface area (Å²) in [6.45, 7) is 0. The van der Waals surface area contributed by atoms with E-state index in [1.165, 1.54) is 0 Å². The average Bonchev–Trinajstić information content (AvgIpc) is 1.12. The van der Waals surface area contributed by atoms with Crippen LogP contribution in [0.4, 0.5) is 0 Å². The third-order valence-electron chi connectivity index (χ3n) is 0. The van der Waals surface area contributed by atoms with Crippen LogP contribution in [0.25, 0.3) is 0 Å². The van der Waals surface area contributed by atoms with Gasteiger partial charge in [0.05, 0.1) is 0 Å². The van der Waals surface area contributed by atoms with Gasteiger partial charge in [-0.15, -0.1) is 0 Å². The van der Waals surface area contributed by atoms with Gasteiger partial charge in [-0.25, -0.2) is 4.57 Å². The minimum absolute atomic E-state index is 0. The monoisotopic (exact) mass is 298 g/mol. The summed E-state index contributed by atoms with van der Waals surface area (Å²) >= 11 is 0. The van der Waals surface area contributed by atoms with Crippen molar-refractivity contribution in [3.05, 3.63) is 0 Å². The summed E-state index contributed by atoms with van der Waals surface area (Å²) in [7, 11) is -9.31. The number of phosphoric acid groups is 1. The molecule has 10 nitrogen and oxygen atoms in total. The van der Waals surface area contributed by atoms with E-state index in [-0.39, 0.29) is 82.5 Å². The van der Waals surface area contributed by atoms with Crippen LogP contribution < -0.4 is 29.6 Å². The van der Waals surface area contributed by atoms with Crippen LogP contribution >= 0.6 is 7.82 Å². The summed E-state index contributed by atoms with van der Waals surface area (Å²) in [5.41, 5.74) is 0. The first-order chi connectivity index (χ1) is 4.00. The Morgan fingerprint density at radius 3 is 1.00 bits per heavy atom.